The number of urea groups is 1. The van der Waals surface area contributed by atoms with E-state index in [0.717, 1.165) is 37.1 Å². The molecule has 1 atom stereocenters. The number of pyridine rings is 1. The molecule has 2 aliphatic rings. The van der Waals surface area contributed by atoms with Crippen molar-refractivity contribution in [1.82, 2.24) is 30.0 Å². The highest BCUT2D eigenvalue weighted by Crippen LogP contribution is 2.17. The second kappa shape index (κ2) is 8.58. The Kier molecular flexibility index (Phi) is 5.73. The average Bonchev–Trinajstić information content (AvgIpc) is 2.87. The fourth-order valence-corrected chi connectivity index (χ4v) is 4.20. The molecule has 0 bridgehead atoms. The Morgan fingerprint density at radius 1 is 1.11 bits per heavy atom. The Morgan fingerprint density at radius 3 is 2.64 bits per heavy atom. The van der Waals surface area contributed by atoms with Crippen LogP contribution in [0.5, 0.6) is 0 Å². The van der Waals surface area contributed by atoms with E-state index < -0.39 is 0 Å². The number of fused-ring (bicyclic) bond motifs is 1. The fraction of sp³-hybridized carbons (Fsp3) is 0.600. The van der Waals surface area contributed by atoms with E-state index >= 15 is 0 Å². The molecular weight excluding hydrogens is 356 g/mol. The predicted molar refractivity (Wildman–Crippen MR) is 105 cm³/mol. The summed E-state index contributed by atoms with van der Waals surface area (Å²) in [4.78, 5) is 29.1. The van der Waals surface area contributed by atoms with Crippen LogP contribution in [0.2, 0.25) is 0 Å². The molecule has 1 saturated carbocycles. The van der Waals surface area contributed by atoms with Gasteiger partial charge in [0.25, 0.3) is 0 Å². The molecule has 2 N–H and O–H groups in total. The van der Waals surface area contributed by atoms with Gasteiger partial charge >= 0.3 is 11.7 Å². The largest absolute Gasteiger partial charge is 0.346 e. The van der Waals surface area contributed by atoms with Crippen LogP contribution in [-0.2, 0) is 19.5 Å². The van der Waals surface area contributed by atoms with Gasteiger partial charge in [0.1, 0.15) is 5.82 Å². The van der Waals surface area contributed by atoms with Gasteiger partial charge in [0.2, 0.25) is 0 Å². The number of nitrogens with one attached hydrogen (secondary N) is 2. The normalized spacial score (nSPS) is 20.2. The maximum absolute atomic E-state index is 12.7. The van der Waals surface area contributed by atoms with Gasteiger partial charge in [-0.25, -0.2) is 14.3 Å². The molecule has 0 spiro atoms. The third-order valence-corrected chi connectivity index (χ3v) is 5.75. The minimum absolute atomic E-state index is 0.0662. The molecule has 1 aliphatic carbocycles. The summed E-state index contributed by atoms with van der Waals surface area (Å²) in [6, 6.07) is 4.08. The number of carbonyl (C=O) groups is 1. The summed E-state index contributed by atoms with van der Waals surface area (Å²) < 4.78 is 3.26. The maximum Gasteiger partial charge on any atom is 0.346 e. The van der Waals surface area contributed by atoms with Gasteiger partial charge in [0.05, 0.1) is 6.54 Å². The highest BCUT2D eigenvalue weighted by Gasteiger charge is 2.23. The average molecular weight is 384 g/mol. The van der Waals surface area contributed by atoms with E-state index in [9.17, 15) is 9.59 Å². The molecule has 0 saturated heterocycles. The van der Waals surface area contributed by atoms with Gasteiger partial charge in [-0.1, -0.05) is 25.3 Å². The summed E-state index contributed by atoms with van der Waals surface area (Å²) >= 11 is 0. The van der Waals surface area contributed by atoms with Crippen LogP contribution in [0.15, 0.2) is 29.3 Å². The molecule has 150 valence electrons. The lowest BCUT2D eigenvalue weighted by Gasteiger charge is -2.24. The van der Waals surface area contributed by atoms with Crippen LogP contribution in [0.4, 0.5) is 4.79 Å². The molecule has 1 aliphatic heterocycles. The summed E-state index contributed by atoms with van der Waals surface area (Å²) in [7, 11) is 0. The molecule has 0 aromatic carbocycles. The van der Waals surface area contributed by atoms with E-state index in [1.807, 2.05) is 12.1 Å². The van der Waals surface area contributed by atoms with Crippen molar-refractivity contribution in [2.24, 2.45) is 0 Å². The number of rotatable bonds is 4. The zero-order valence-electron chi connectivity index (χ0n) is 16.1. The monoisotopic (exact) mass is 384 g/mol. The molecular formula is C20H28N6O2. The Balaban J connectivity index is 1.34. The van der Waals surface area contributed by atoms with Crippen molar-refractivity contribution in [1.29, 1.82) is 0 Å². The number of amides is 2. The Labute approximate surface area is 164 Å². The minimum Gasteiger partial charge on any atom is -0.335 e. The van der Waals surface area contributed by atoms with Gasteiger partial charge in [-0.05, 0) is 37.3 Å². The molecule has 3 heterocycles. The van der Waals surface area contributed by atoms with E-state index in [2.05, 4.69) is 20.7 Å². The third-order valence-electron chi connectivity index (χ3n) is 5.75. The third kappa shape index (κ3) is 4.43. The fourth-order valence-electron chi connectivity index (χ4n) is 4.20. The lowest BCUT2D eigenvalue weighted by atomic mass is 9.96. The van der Waals surface area contributed by atoms with E-state index in [4.69, 9.17) is 0 Å². The van der Waals surface area contributed by atoms with Gasteiger partial charge in [-0.15, -0.1) is 0 Å². The van der Waals surface area contributed by atoms with Crippen molar-refractivity contribution in [2.75, 3.05) is 0 Å². The standard InChI is InChI=1S/C20H28N6O2/c27-19(22-16-6-2-1-3-7-16)23-17-8-9-18-24-26(20(28)25(18)12-10-17)14-15-5-4-11-21-13-15/h4-5,11,13,16-17H,1-3,6-10,12,14H2,(H2,22,23,27). The first-order valence-corrected chi connectivity index (χ1v) is 10.3. The zero-order valence-corrected chi connectivity index (χ0v) is 16.1. The van der Waals surface area contributed by atoms with Crippen LogP contribution >= 0.6 is 0 Å². The van der Waals surface area contributed by atoms with Crippen molar-refractivity contribution in [3.63, 3.8) is 0 Å². The minimum atomic E-state index is -0.0915. The second-order valence-electron chi connectivity index (χ2n) is 7.85. The molecule has 2 aromatic rings. The van der Waals surface area contributed by atoms with E-state index in [-0.39, 0.29) is 17.8 Å². The van der Waals surface area contributed by atoms with Crippen LogP contribution in [0, 0.1) is 0 Å². The van der Waals surface area contributed by atoms with Gasteiger partial charge in [-0.2, -0.15) is 5.10 Å². The summed E-state index contributed by atoms with van der Waals surface area (Å²) in [6.45, 7) is 1.01. The van der Waals surface area contributed by atoms with Gasteiger partial charge in [0.15, 0.2) is 0 Å². The number of aryl methyl sites for hydroxylation is 1. The van der Waals surface area contributed by atoms with E-state index in [1.165, 1.54) is 23.9 Å². The lowest BCUT2D eigenvalue weighted by Crippen LogP contribution is -2.47. The van der Waals surface area contributed by atoms with E-state index in [0.29, 0.717) is 25.6 Å². The van der Waals surface area contributed by atoms with E-state index in [1.54, 1.807) is 17.0 Å². The highest BCUT2D eigenvalue weighted by molar-refractivity contribution is 5.74. The van der Waals surface area contributed by atoms with Crippen molar-refractivity contribution < 1.29 is 4.79 Å². The maximum atomic E-state index is 12.7. The van der Waals surface area contributed by atoms with Crippen LogP contribution < -0.4 is 16.3 Å². The molecule has 8 heteroatoms. The van der Waals surface area contributed by atoms with Crippen LogP contribution in [-0.4, -0.2) is 37.4 Å². The Hall–Kier alpha value is -2.64. The first kappa shape index (κ1) is 18.7. The molecule has 2 aromatic heterocycles. The molecule has 28 heavy (non-hydrogen) atoms. The summed E-state index contributed by atoms with van der Waals surface area (Å²) in [5.41, 5.74) is 0.864. The smallest absolute Gasteiger partial charge is 0.335 e. The molecule has 8 nitrogen and oxygen atoms in total. The number of aromatic nitrogens is 4. The van der Waals surface area contributed by atoms with Crippen molar-refractivity contribution in [3.05, 3.63) is 46.4 Å². The highest BCUT2D eigenvalue weighted by atomic mass is 16.2. The van der Waals surface area contributed by atoms with Gasteiger partial charge in [0, 0.05) is 37.4 Å². The summed E-state index contributed by atoms with van der Waals surface area (Å²) in [6.07, 6.45) is 11.5. The topological polar surface area (TPSA) is 93.8 Å². The number of hydrogen-bond donors (Lipinski definition) is 2. The zero-order chi connectivity index (χ0) is 19.3. The first-order chi connectivity index (χ1) is 13.7. The molecule has 4 rings (SSSR count). The molecule has 1 fully saturated rings. The van der Waals surface area contributed by atoms with Crippen LogP contribution in [0.3, 0.4) is 0 Å². The number of carbonyl (C=O) groups excluding carboxylic acids is 1. The quantitative estimate of drug-likeness (QED) is 0.841. The molecule has 2 amide bonds. The second-order valence-corrected chi connectivity index (χ2v) is 7.85. The van der Waals surface area contributed by atoms with Gasteiger partial charge < -0.3 is 10.6 Å². The first-order valence-electron chi connectivity index (χ1n) is 10.3. The molecule has 0 radical (unpaired) electrons. The number of hydrogen-bond acceptors (Lipinski definition) is 4. The molecule has 1 unspecified atom stereocenters. The Bertz CT molecular complexity index is 853. The summed E-state index contributed by atoms with van der Waals surface area (Å²) in [5.74, 6) is 0.797. The SMILES string of the molecule is O=C(NC1CCCCC1)NC1CCc2nn(Cc3cccnc3)c(=O)n2CC1. The van der Waals surface area contributed by atoms with Crippen molar-refractivity contribution >= 4 is 6.03 Å². The van der Waals surface area contributed by atoms with Crippen LogP contribution in [0.1, 0.15) is 56.3 Å². The van der Waals surface area contributed by atoms with Crippen LogP contribution in [0.25, 0.3) is 0 Å². The number of nitrogens with zero attached hydrogens (tertiary/aromatic N) is 4. The predicted octanol–water partition coefficient (Wildman–Crippen LogP) is 1.82. The van der Waals surface area contributed by atoms with Gasteiger partial charge in [-0.3, -0.25) is 9.55 Å². The summed E-state index contributed by atoms with van der Waals surface area (Å²) in [5, 5.41) is 10.7. The van der Waals surface area contributed by atoms with Crippen molar-refractivity contribution in [3.8, 4) is 0 Å². The Morgan fingerprint density at radius 2 is 1.89 bits per heavy atom. The lowest BCUT2D eigenvalue weighted by molar-refractivity contribution is 0.227. The van der Waals surface area contributed by atoms with Crippen molar-refractivity contribution in [2.45, 2.75) is 76.5 Å².